The minimum Gasteiger partial charge on any atom is -0.385 e. The van der Waals surface area contributed by atoms with Crippen LogP contribution in [0.4, 0.5) is 0 Å². The molecule has 30 heavy (non-hydrogen) atoms. The lowest BCUT2D eigenvalue weighted by Crippen LogP contribution is -2.50. The van der Waals surface area contributed by atoms with Gasteiger partial charge >= 0.3 is 0 Å². The Hall–Kier alpha value is -1.93. The van der Waals surface area contributed by atoms with Crippen LogP contribution < -0.4 is 0 Å². The van der Waals surface area contributed by atoms with Gasteiger partial charge in [-0.05, 0) is 36.3 Å². The molecular weight excluding hydrogens is 368 g/mol. The summed E-state index contributed by atoms with van der Waals surface area (Å²) in [5, 5.41) is 11.6. The van der Waals surface area contributed by atoms with E-state index in [1.54, 1.807) is 0 Å². The first-order chi connectivity index (χ1) is 14.4. The van der Waals surface area contributed by atoms with E-state index in [9.17, 15) is 9.90 Å². The van der Waals surface area contributed by atoms with Crippen LogP contribution in [0.5, 0.6) is 0 Å². The zero-order valence-electron chi connectivity index (χ0n) is 19.1. The van der Waals surface area contributed by atoms with Crippen molar-refractivity contribution in [3.63, 3.8) is 0 Å². The number of carbonyl (C=O) groups excluding carboxylic acids is 1. The van der Waals surface area contributed by atoms with Gasteiger partial charge in [0.1, 0.15) is 6.29 Å². The molecule has 1 aliphatic rings. The van der Waals surface area contributed by atoms with Crippen molar-refractivity contribution in [2.45, 2.75) is 84.2 Å². The van der Waals surface area contributed by atoms with E-state index in [0.717, 1.165) is 49.5 Å². The Morgan fingerprint density at radius 1 is 1.07 bits per heavy atom. The van der Waals surface area contributed by atoms with Crippen LogP contribution in [0.1, 0.15) is 84.1 Å². The van der Waals surface area contributed by atoms with Gasteiger partial charge in [0.25, 0.3) is 0 Å². The Kier molecular flexibility index (Phi) is 9.78. The summed E-state index contributed by atoms with van der Waals surface area (Å²) in [6.45, 7) is 6.62. The predicted octanol–water partition coefficient (Wildman–Crippen LogP) is 7.30. The number of aliphatic hydroxyl groups is 1. The molecule has 0 spiro atoms. The maximum atomic E-state index is 12.5. The van der Waals surface area contributed by atoms with E-state index in [1.807, 2.05) is 36.4 Å². The largest absolute Gasteiger partial charge is 0.385 e. The molecule has 0 amide bonds. The SMILES string of the molecule is CCCCCCC1(O)C=CC(=CC=Cc2ccccc2)CC1(C=O)CCCC(C)C. The van der Waals surface area contributed by atoms with Crippen LogP contribution in [-0.2, 0) is 4.79 Å². The van der Waals surface area contributed by atoms with Crippen LogP contribution in [0.3, 0.4) is 0 Å². The molecule has 2 atom stereocenters. The van der Waals surface area contributed by atoms with Crippen molar-refractivity contribution in [2.24, 2.45) is 11.3 Å². The molecule has 1 aromatic carbocycles. The van der Waals surface area contributed by atoms with Crippen molar-refractivity contribution < 1.29 is 9.90 Å². The van der Waals surface area contributed by atoms with E-state index in [4.69, 9.17) is 0 Å². The standard InChI is InChI=1S/C28H40O2/c1-4-5-6-10-20-28(30)21-18-26(17-11-16-25-14-8-7-9-15-25)22-27(28,23-29)19-12-13-24(2)3/h7-9,11,14-18,21,23-24,30H,4-6,10,12-13,19-20,22H2,1-3H3. The molecule has 2 heteroatoms. The number of hydrogen-bond donors (Lipinski definition) is 1. The van der Waals surface area contributed by atoms with Crippen molar-refractivity contribution in [1.82, 2.24) is 0 Å². The molecule has 0 fully saturated rings. The Bertz CT molecular complexity index is 728. The average molecular weight is 409 g/mol. The highest BCUT2D eigenvalue weighted by molar-refractivity contribution is 5.66. The molecule has 0 aliphatic heterocycles. The molecular formula is C28H40O2. The maximum absolute atomic E-state index is 12.5. The Morgan fingerprint density at radius 2 is 1.83 bits per heavy atom. The summed E-state index contributed by atoms with van der Waals surface area (Å²) >= 11 is 0. The van der Waals surface area contributed by atoms with E-state index in [1.165, 1.54) is 12.8 Å². The number of allylic oxidation sites excluding steroid dienone is 4. The van der Waals surface area contributed by atoms with E-state index < -0.39 is 11.0 Å². The molecule has 164 valence electrons. The highest BCUT2D eigenvalue weighted by Crippen LogP contribution is 2.48. The summed E-state index contributed by atoms with van der Waals surface area (Å²) in [6, 6.07) is 10.2. The number of hydrogen-bond acceptors (Lipinski definition) is 2. The van der Waals surface area contributed by atoms with Gasteiger partial charge in [-0.2, -0.15) is 0 Å². The second-order valence-corrected chi connectivity index (χ2v) is 9.32. The lowest BCUT2D eigenvalue weighted by atomic mass is 9.61. The molecule has 2 unspecified atom stereocenters. The highest BCUT2D eigenvalue weighted by atomic mass is 16.3. The topological polar surface area (TPSA) is 37.3 Å². The predicted molar refractivity (Wildman–Crippen MR) is 128 cm³/mol. The molecule has 0 saturated heterocycles. The summed E-state index contributed by atoms with van der Waals surface area (Å²) in [6.07, 6.45) is 19.7. The third-order valence-corrected chi connectivity index (χ3v) is 6.39. The van der Waals surface area contributed by atoms with Gasteiger partial charge in [-0.1, -0.05) is 120 Å². The first-order valence-electron chi connectivity index (χ1n) is 11.7. The van der Waals surface area contributed by atoms with Gasteiger partial charge in [-0.3, -0.25) is 0 Å². The zero-order valence-corrected chi connectivity index (χ0v) is 19.1. The average Bonchev–Trinajstić information content (AvgIpc) is 2.74. The van der Waals surface area contributed by atoms with E-state index in [2.05, 4.69) is 45.1 Å². The Labute approximate surface area is 183 Å². The fourth-order valence-corrected chi connectivity index (χ4v) is 4.44. The number of aldehydes is 1. The lowest BCUT2D eigenvalue weighted by Gasteiger charge is -2.45. The highest BCUT2D eigenvalue weighted by Gasteiger charge is 2.49. The normalized spacial score (nSPS) is 25.4. The van der Waals surface area contributed by atoms with Gasteiger partial charge in [0, 0.05) is 0 Å². The van der Waals surface area contributed by atoms with Gasteiger partial charge in [0.2, 0.25) is 0 Å². The monoisotopic (exact) mass is 408 g/mol. The van der Waals surface area contributed by atoms with Gasteiger partial charge in [0.05, 0.1) is 11.0 Å². The second kappa shape index (κ2) is 12.1. The quantitative estimate of drug-likeness (QED) is 0.291. The number of unbranched alkanes of at least 4 members (excludes halogenated alkanes) is 3. The molecule has 2 rings (SSSR count). The molecule has 0 radical (unpaired) electrons. The number of benzene rings is 1. The van der Waals surface area contributed by atoms with Gasteiger partial charge in [0.15, 0.2) is 0 Å². The van der Waals surface area contributed by atoms with E-state index in [0.29, 0.717) is 18.8 Å². The first kappa shape index (κ1) is 24.3. The fourth-order valence-electron chi connectivity index (χ4n) is 4.44. The van der Waals surface area contributed by atoms with Crippen LogP contribution >= 0.6 is 0 Å². The van der Waals surface area contributed by atoms with Gasteiger partial charge in [-0.25, -0.2) is 0 Å². The fraction of sp³-hybridized carbons (Fsp3) is 0.536. The number of rotatable bonds is 12. The molecule has 0 saturated carbocycles. The van der Waals surface area contributed by atoms with Gasteiger partial charge < -0.3 is 9.90 Å². The van der Waals surface area contributed by atoms with Gasteiger partial charge in [-0.15, -0.1) is 0 Å². The summed E-state index contributed by atoms with van der Waals surface area (Å²) in [5.41, 5.74) is 0.493. The van der Waals surface area contributed by atoms with Crippen molar-refractivity contribution in [3.8, 4) is 0 Å². The minimum absolute atomic E-state index is 0.606. The summed E-state index contributed by atoms with van der Waals surface area (Å²) in [7, 11) is 0. The Balaban J connectivity index is 2.22. The molecule has 1 N–H and O–H groups in total. The third kappa shape index (κ3) is 6.80. The summed E-state index contributed by atoms with van der Waals surface area (Å²) in [4.78, 5) is 12.5. The number of carbonyl (C=O) groups is 1. The van der Waals surface area contributed by atoms with E-state index in [-0.39, 0.29) is 0 Å². The summed E-state index contributed by atoms with van der Waals surface area (Å²) < 4.78 is 0. The molecule has 0 bridgehead atoms. The molecule has 2 nitrogen and oxygen atoms in total. The van der Waals surface area contributed by atoms with Crippen molar-refractivity contribution >= 4 is 12.4 Å². The van der Waals surface area contributed by atoms with Crippen LogP contribution in [0.15, 0.2) is 60.2 Å². The zero-order chi connectivity index (χ0) is 21.9. The van der Waals surface area contributed by atoms with Crippen LogP contribution in [0.25, 0.3) is 6.08 Å². The smallest absolute Gasteiger partial charge is 0.129 e. The van der Waals surface area contributed by atoms with Crippen molar-refractivity contribution in [2.75, 3.05) is 0 Å². The molecule has 0 aromatic heterocycles. The van der Waals surface area contributed by atoms with Crippen LogP contribution in [0.2, 0.25) is 0 Å². The third-order valence-electron chi connectivity index (χ3n) is 6.39. The lowest BCUT2D eigenvalue weighted by molar-refractivity contribution is -0.132. The van der Waals surface area contributed by atoms with Crippen molar-refractivity contribution in [1.29, 1.82) is 0 Å². The molecule has 1 aromatic rings. The maximum Gasteiger partial charge on any atom is 0.129 e. The Morgan fingerprint density at radius 3 is 2.50 bits per heavy atom. The first-order valence-corrected chi connectivity index (χ1v) is 11.7. The van der Waals surface area contributed by atoms with Crippen LogP contribution in [0, 0.1) is 11.3 Å². The summed E-state index contributed by atoms with van der Waals surface area (Å²) in [5.74, 6) is 0.606. The molecule has 1 aliphatic carbocycles. The van der Waals surface area contributed by atoms with Crippen LogP contribution in [-0.4, -0.2) is 17.0 Å². The van der Waals surface area contributed by atoms with Crippen molar-refractivity contribution in [3.05, 3.63) is 65.8 Å². The second-order valence-electron chi connectivity index (χ2n) is 9.32. The minimum atomic E-state index is -1.04. The molecule has 0 heterocycles. The van der Waals surface area contributed by atoms with E-state index >= 15 is 0 Å².